The summed E-state index contributed by atoms with van der Waals surface area (Å²) in [5, 5.41) is 0. The van der Waals surface area contributed by atoms with Crippen LogP contribution in [0.25, 0.3) is 0 Å². The van der Waals surface area contributed by atoms with Crippen molar-refractivity contribution >= 4 is 0 Å². The molecule has 0 aliphatic heterocycles. The summed E-state index contributed by atoms with van der Waals surface area (Å²) in [4.78, 5) is 0. The zero-order chi connectivity index (χ0) is 2.71. The van der Waals surface area contributed by atoms with Crippen LogP contribution >= 0.6 is 0 Å². The summed E-state index contributed by atoms with van der Waals surface area (Å²) in [5.74, 6) is 0. The molecule has 5 heteroatoms. The van der Waals surface area contributed by atoms with Crippen molar-refractivity contribution in [3.63, 3.8) is 0 Å². The quantitative estimate of drug-likeness (QED) is 0.523. The van der Waals surface area contributed by atoms with E-state index in [4.69, 9.17) is 4.47 Å². The molecule has 4 N–H and O–H groups in total. The third-order valence-electron chi connectivity index (χ3n) is 0. The molecular weight excluding hydrogens is 302 g/mol. The van der Waals surface area contributed by atoms with Gasteiger partial charge in [0.05, 0.1) is 0 Å². The van der Waals surface area contributed by atoms with Gasteiger partial charge in [0.1, 0.15) is 0 Å². The van der Waals surface area contributed by atoms with Gasteiger partial charge >= 0.3 is 32.3 Å². The average Bonchev–Trinajstić information content (AvgIpc) is 0.918. The molecule has 32 valence electrons. The Balaban J connectivity index is -0.0000000200. The molecule has 0 atom stereocenters. The van der Waals surface area contributed by atoms with Gasteiger partial charge in [-0.1, -0.05) is 0 Å². The fraction of sp³-hybridized carbons (Fsp3) is 0. The molecule has 0 aliphatic carbocycles. The molecule has 0 saturated carbocycles. The first-order chi connectivity index (χ1) is 1.41. The van der Waals surface area contributed by atoms with E-state index in [1.54, 1.807) is 0 Å². The fourth-order valence-electron chi connectivity index (χ4n) is 0. The molecule has 0 heterocycles. The Morgan fingerprint density at radius 1 is 1.00 bits per heavy atom. The van der Waals surface area contributed by atoms with Gasteiger partial charge in [-0.15, -0.1) is 0 Å². The van der Waals surface area contributed by atoms with Crippen LogP contribution < -0.4 is 0 Å². The Morgan fingerprint density at radius 3 is 1.00 bits per heavy atom. The molecule has 0 unspecified atom stereocenters. The zero-order valence-electron chi connectivity index (χ0n) is 2.32. The molecule has 0 rings (SSSR count). The second kappa shape index (κ2) is 23.6. The molecule has 4 nitrogen and oxygen atoms in total. The predicted molar refractivity (Wildman–Crippen MR) is 8.60 cm³/mol. The van der Waals surface area contributed by atoms with Crippen LogP contribution in [-0.4, -0.2) is 11.0 Å². The van der Waals surface area contributed by atoms with Crippen LogP contribution in [-0.2, 0) is 4.47 Å². The molecule has 0 spiro atoms. The maximum atomic E-state index is 8.58. The Bertz CT molecular complexity index is 24.6. The van der Waals surface area contributed by atoms with Crippen molar-refractivity contribution in [2.75, 3.05) is 0 Å². The van der Waals surface area contributed by atoms with E-state index < -0.39 is 27.8 Å². The summed E-state index contributed by atoms with van der Waals surface area (Å²) >= 11 is -2.51. The fourth-order valence-corrected chi connectivity index (χ4v) is 0. The molecule has 0 radical (unpaired) electrons. The molecule has 0 aromatic carbocycles. The van der Waals surface area contributed by atoms with E-state index in [2.05, 4.69) is 0 Å². The van der Waals surface area contributed by atoms with E-state index in [-0.39, 0.29) is 11.0 Å². The van der Waals surface area contributed by atoms with Crippen LogP contribution in [0.3, 0.4) is 0 Å². The SMILES string of the molecule is O.O.[O]=[U]=[O]. The van der Waals surface area contributed by atoms with E-state index >= 15 is 0 Å². The Hall–Kier alpha value is 0.572. The van der Waals surface area contributed by atoms with Crippen molar-refractivity contribution < 1.29 is 43.2 Å². The first-order valence-electron chi connectivity index (χ1n) is 0.408. The van der Waals surface area contributed by atoms with Gasteiger partial charge in [0, 0.05) is 0 Å². The summed E-state index contributed by atoms with van der Waals surface area (Å²) in [6.07, 6.45) is 0. The molecule has 0 bridgehead atoms. The molecule has 0 fully saturated rings. The Morgan fingerprint density at radius 2 is 1.00 bits per heavy atom. The molecular formula is H4O4U. The molecule has 5 heavy (non-hydrogen) atoms. The van der Waals surface area contributed by atoms with Crippen molar-refractivity contribution in [2.24, 2.45) is 0 Å². The van der Waals surface area contributed by atoms with Crippen molar-refractivity contribution in [1.29, 1.82) is 0 Å². The van der Waals surface area contributed by atoms with E-state index in [1.165, 1.54) is 0 Å². The summed E-state index contributed by atoms with van der Waals surface area (Å²) < 4.78 is 17.2. The third-order valence-corrected chi connectivity index (χ3v) is 0. The second-order valence-corrected chi connectivity index (χ2v) is 0.777. The summed E-state index contributed by atoms with van der Waals surface area (Å²) in [7, 11) is 0. The van der Waals surface area contributed by atoms with Crippen LogP contribution in [0.1, 0.15) is 0 Å². The molecule has 0 aromatic rings. The van der Waals surface area contributed by atoms with Crippen molar-refractivity contribution in [2.45, 2.75) is 0 Å². The normalized spacial score (nSPS) is 1.60. The maximum absolute atomic E-state index is 8.58. The van der Waals surface area contributed by atoms with Crippen molar-refractivity contribution in [3.8, 4) is 0 Å². The van der Waals surface area contributed by atoms with Crippen LogP contribution in [0.2, 0.25) is 0 Å². The monoisotopic (exact) mass is 306 g/mol. The third kappa shape index (κ3) is 92.5. The van der Waals surface area contributed by atoms with Gasteiger partial charge in [-0.25, -0.2) is 0 Å². The van der Waals surface area contributed by atoms with Crippen LogP contribution in [0, 0.1) is 27.8 Å². The minimum absolute atomic E-state index is 0. The predicted octanol–water partition coefficient (Wildman–Crippen LogP) is -1.89. The molecule has 0 saturated heterocycles. The second-order valence-electron chi connectivity index (χ2n) is 0.0833. The zero-order valence-corrected chi connectivity index (χ0v) is 6.48. The van der Waals surface area contributed by atoms with Gasteiger partial charge in [0.25, 0.3) is 0 Å². The topological polar surface area (TPSA) is 97.1 Å². The number of hydrogen-bond donors (Lipinski definition) is 0. The van der Waals surface area contributed by atoms with E-state index in [9.17, 15) is 0 Å². The first-order valence-corrected chi connectivity index (χ1v) is 3.81. The molecule has 0 aliphatic rings. The van der Waals surface area contributed by atoms with Crippen LogP contribution in [0.15, 0.2) is 0 Å². The molecule has 0 aromatic heterocycles. The van der Waals surface area contributed by atoms with Crippen molar-refractivity contribution in [1.82, 2.24) is 0 Å². The number of rotatable bonds is 0. The van der Waals surface area contributed by atoms with E-state index in [1.807, 2.05) is 0 Å². The summed E-state index contributed by atoms with van der Waals surface area (Å²) in [5.41, 5.74) is 0. The van der Waals surface area contributed by atoms with Gasteiger partial charge in [0.15, 0.2) is 0 Å². The minimum atomic E-state index is -2.51. The van der Waals surface area contributed by atoms with Crippen molar-refractivity contribution in [3.05, 3.63) is 0 Å². The van der Waals surface area contributed by atoms with Crippen LogP contribution in [0.5, 0.6) is 0 Å². The van der Waals surface area contributed by atoms with Gasteiger partial charge in [-0.3, -0.25) is 0 Å². The Labute approximate surface area is 43.4 Å². The standard InChI is InChI=1S/2H2O.2O.U/h2*1H2;;;. The average molecular weight is 306 g/mol. The van der Waals surface area contributed by atoms with Gasteiger partial charge in [-0.2, -0.15) is 0 Å². The van der Waals surface area contributed by atoms with Gasteiger partial charge in [0.2, 0.25) is 0 Å². The summed E-state index contributed by atoms with van der Waals surface area (Å²) in [6.45, 7) is 0. The van der Waals surface area contributed by atoms with Gasteiger partial charge < -0.3 is 11.0 Å². The van der Waals surface area contributed by atoms with E-state index in [0.717, 1.165) is 0 Å². The first kappa shape index (κ1) is 17.6. The summed E-state index contributed by atoms with van der Waals surface area (Å²) in [6, 6.07) is 0. The molecule has 0 amide bonds. The van der Waals surface area contributed by atoms with E-state index in [0.29, 0.717) is 0 Å². The number of hydrogen-bond acceptors (Lipinski definition) is 2. The van der Waals surface area contributed by atoms with Gasteiger partial charge in [-0.05, 0) is 0 Å². The Kier molecular flexibility index (Phi) is 83.1. The van der Waals surface area contributed by atoms with Crippen LogP contribution in [0.4, 0.5) is 0 Å².